The topological polar surface area (TPSA) is 54.2 Å². The molecule has 3 heterocycles. The van der Waals surface area contributed by atoms with Gasteiger partial charge in [-0.05, 0) is 63.0 Å². The van der Waals surface area contributed by atoms with Gasteiger partial charge in [0, 0.05) is 23.7 Å². The first-order chi connectivity index (χ1) is 9.72. The minimum Gasteiger partial charge on any atom is -0.383 e. The normalized spacial score (nSPS) is 34.1. The first-order valence-corrected chi connectivity index (χ1v) is 8.73. The van der Waals surface area contributed by atoms with Gasteiger partial charge >= 0.3 is 0 Å². The van der Waals surface area contributed by atoms with Gasteiger partial charge in [-0.1, -0.05) is 6.42 Å². The third-order valence-corrected chi connectivity index (χ3v) is 6.22. The Hall–Kier alpha value is -0.810. The Morgan fingerprint density at radius 1 is 1.20 bits per heavy atom. The van der Waals surface area contributed by atoms with Crippen molar-refractivity contribution in [1.29, 1.82) is 0 Å². The average Bonchev–Trinajstić information content (AvgIpc) is 3.16. The maximum Gasteiger partial charge on any atom is 0.142 e. The lowest BCUT2D eigenvalue weighted by atomic mass is 9.82. The predicted molar refractivity (Wildman–Crippen MR) is 84.3 cm³/mol. The number of nitrogens with two attached hydrogens (primary N) is 1. The van der Waals surface area contributed by atoms with Gasteiger partial charge in [-0.3, -0.25) is 0 Å². The summed E-state index contributed by atoms with van der Waals surface area (Å²) < 4.78 is 4.38. The van der Waals surface area contributed by atoms with E-state index in [9.17, 15) is 0 Å². The van der Waals surface area contributed by atoms with Crippen molar-refractivity contribution in [1.82, 2.24) is 9.27 Å². The third kappa shape index (κ3) is 2.21. The number of nitrogens with zero attached hydrogens (tertiary/aromatic N) is 2. The number of aromatic nitrogens is 1. The Morgan fingerprint density at radius 3 is 2.55 bits per heavy atom. The van der Waals surface area contributed by atoms with Crippen LogP contribution in [0.2, 0.25) is 0 Å². The molecule has 2 bridgehead atoms. The molecule has 2 aliphatic heterocycles. The molecule has 2 saturated heterocycles. The minimum atomic E-state index is 0.610. The summed E-state index contributed by atoms with van der Waals surface area (Å²) in [5, 5.41) is 5.05. The van der Waals surface area contributed by atoms with Crippen molar-refractivity contribution in [3.05, 3.63) is 5.56 Å². The number of hydrogen-bond donors (Lipinski definition) is 2. The van der Waals surface area contributed by atoms with Crippen molar-refractivity contribution >= 4 is 22.4 Å². The van der Waals surface area contributed by atoms with Crippen LogP contribution in [0.5, 0.6) is 0 Å². The van der Waals surface area contributed by atoms with Gasteiger partial charge in [-0.2, -0.15) is 4.37 Å². The molecule has 0 amide bonds. The molecule has 3 aliphatic rings. The molecular formula is C15H24N4S. The molecule has 0 radical (unpaired) electrons. The summed E-state index contributed by atoms with van der Waals surface area (Å²) in [4.78, 5) is 2.62. The monoisotopic (exact) mass is 292 g/mol. The fourth-order valence-electron chi connectivity index (χ4n) is 4.10. The Labute approximate surface area is 124 Å². The second-order valence-corrected chi connectivity index (χ2v) is 7.57. The fraction of sp³-hybridized carbons (Fsp3) is 0.800. The van der Waals surface area contributed by atoms with Crippen molar-refractivity contribution in [3.63, 3.8) is 0 Å². The molecule has 0 spiro atoms. The number of rotatable bonds is 3. The summed E-state index contributed by atoms with van der Waals surface area (Å²) in [5.41, 5.74) is 7.37. The molecule has 1 aromatic rings. The molecule has 4 rings (SSSR count). The fourth-order valence-corrected chi connectivity index (χ4v) is 4.98. The zero-order valence-electron chi connectivity index (χ0n) is 12.1. The summed E-state index contributed by atoms with van der Waals surface area (Å²) in [7, 11) is 2.31. The van der Waals surface area contributed by atoms with E-state index in [1.807, 2.05) is 0 Å². The van der Waals surface area contributed by atoms with Crippen molar-refractivity contribution < 1.29 is 0 Å². The van der Waals surface area contributed by atoms with Crippen LogP contribution >= 0.6 is 11.5 Å². The number of fused-ring (bicyclic) bond motifs is 2. The zero-order valence-corrected chi connectivity index (χ0v) is 13.0. The molecule has 3 fully saturated rings. The van der Waals surface area contributed by atoms with Gasteiger partial charge in [-0.15, -0.1) is 0 Å². The van der Waals surface area contributed by atoms with E-state index < -0.39 is 0 Å². The van der Waals surface area contributed by atoms with Crippen LogP contribution in [-0.4, -0.2) is 34.4 Å². The highest BCUT2D eigenvalue weighted by molar-refractivity contribution is 7.10. The van der Waals surface area contributed by atoms with E-state index in [0.29, 0.717) is 12.0 Å². The maximum atomic E-state index is 6.05. The summed E-state index contributed by atoms with van der Waals surface area (Å²) >= 11 is 1.57. The average molecular weight is 292 g/mol. The Balaban J connectivity index is 1.49. The van der Waals surface area contributed by atoms with E-state index in [1.54, 1.807) is 11.5 Å². The summed E-state index contributed by atoms with van der Waals surface area (Å²) in [6.45, 7) is 0. The molecule has 1 aromatic heterocycles. The third-order valence-electron chi connectivity index (χ3n) is 5.42. The quantitative estimate of drug-likeness (QED) is 0.899. The Bertz CT molecular complexity index is 482. The molecule has 0 aromatic carbocycles. The minimum absolute atomic E-state index is 0.610. The van der Waals surface area contributed by atoms with E-state index in [4.69, 9.17) is 5.73 Å². The van der Waals surface area contributed by atoms with Crippen LogP contribution in [0.15, 0.2) is 0 Å². The van der Waals surface area contributed by atoms with E-state index in [2.05, 4.69) is 21.6 Å². The van der Waals surface area contributed by atoms with Crippen LogP contribution < -0.4 is 11.1 Å². The Kier molecular flexibility index (Phi) is 3.15. The van der Waals surface area contributed by atoms with E-state index in [1.165, 1.54) is 55.5 Å². The molecule has 2 unspecified atom stereocenters. The van der Waals surface area contributed by atoms with Gasteiger partial charge in [-0.25, -0.2) is 0 Å². The number of anilines is 2. The van der Waals surface area contributed by atoms with Gasteiger partial charge in [0.1, 0.15) is 10.8 Å². The molecule has 4 nitrogen and oxygen atoms in total. The van der Waals surface area contributed by atoms with Crippen LogP contribution in [-0.2, 0) is 0 Å². The number of hydrogen-bond acceptors (Lipinski definition) is 5. The van der Waals surface area contributed by atoms with Crippen LogP contribution in [0.3, 0.4) is 0 Å². The second kappa shape index (κ2) is 4.88. The molecule has 5 heteroatoms. The van der Waals surface area contributed by atoms with Gasteiger partial charge in [0.2, 0.25) is 0 Å². The smallest absolute Gasteiger partial charge is 0.142 e. The van der Waals surface area contributed by atoms with Crippen molar-refractivity contribution in [3.8, 4) is 0 Å². The first kappa shape index (κ1) is 12.9. The number of nitrogens with one attached hydrogen (secondary N) is 1. The molecule has 1 aliphatic carbocycles. The van der Waals surface area contributed by atoms with Crippen molar-refractivity contribution in [2.24, 2.45) is 0 Å². The lowest BCUT2D eigenvalue weighted by Gasteiger charge is -2.47. The summed E-state index contributed by atoms with van der Waals surface area (Å²) in [5.74, 6) is 1.45. The van der Waals surface area contributed by atoms with Crippen LogP contribution in [0, 0.1) is 0 Å². The van der Waals surface area contributed by atoms with Gasteiger partial charge in [0.25, 0.3) is 0 Å². The van der Waals surface area contributed by atoms with Crippen molar-refractivity contribution in [2.45, 2.75) is 69.0 Å². The van der Waals surface area contributed by atoms with E-state index in [0.717, 1.165) is 17.9 Å². The van der Waals surface area contributed by atoms with Gasteiger partial charge < -0.3 is 16.0 Å². The maximum absolute atomic E-state index is 6.05. The molecule has 3 N–H and O–H groups in total. The molecule has 110 valence electrons. The van der Waals surface area contributed by atoms with E-state index >= 15 is 0 Å². The van der Waals surface area contributed by atoms with Crippen LogP contribution in [0.1, 0.15) is 56.4 Å². The highest BCUT2D eigenvalue weighted by atomic mass is 32.1. The summed E-state index contributed by atoms with van der Waals surface area (Å²) in [6, 6.07) is 2.16. The lowest BCUT2D eigenvalue weighted by Crippen LogP contribution is -2.52. The highest BCUT2D eigenvalue weighted by Gasteiger charge is 2.37. The van der Waals surface area contributed by atoms with E-state index in [-0.39, 0.29) is 0 Å². The van der Waals surface area contributed by atoms with Gasteiger partial charge in [0.15, 0.2) is 0 Å². The first-order valence-electron chi connectivity index (χ1n) is 7.96. The lowest BCUT2D eigenvalue weighted by molar-refractivity contribution is 0.0609. The molecule has 1 saturated carbocycles. The SMILES string of the molecule is CN1C2CCCC1CC(Nc1snc(N)c1C1CC1)C2. The molecule has 2 atom stereocenters. The van der Waals surface area contributed by atoms with Gasteiger partial charge in [0.05, 0.1) is 0 Å². The largest absolute Gasteiger partial charge is 0.383 e. The van der Waals surface area contributed by atoms with Crippen LogP contribution in [0.4, 0.5) is 10.8 Å². The standard InChI is InChI=1S/C15H24N4S/c1-19-11-3-2-4-12(19)8-10(7-11)17-15-13(9-5-6-9)14(16)18-20-15/h9-12,17H,2-8H2,1H3,(H2,16,18). The highest BCUT2D eigenvalue weighted by Crippen LogP contribution is 2.48. The number of nitrogen functional groups attached to an aromatic ring is 1. The molecule has 20 heavy (non-hydrogen) atoms. The van der Waals surface area contributed by atoms with Crippen LogP contribution in [0.25, 0.3) is 0 Å². The Morgan fingerprint density at radius 2 is 1.90 bits per heavy atom. The molecular weight excluding hydrogens is 268 g/mol. The number of piperidine rings is 2. The summed E-state index contributed by atoms with van der Waals surface area (Å²) in [6.07, 6.45) is 9.26. The second-order valence-electron chi connectivity index (χ2n) is 6.80. The van der Waals surface area contributed by atoms with Crippen molar-refractivity contribution in [2.75, 3.05) is 18.1 Å². The zero-order chi connectivity index (χ0) is 13.7. The predicted octanol–water partition coefficient (Wildman–Crippen LogP) is 3.03.